The van der Waals surface area contributed by atoms with Crippen LogP contribution >= 0.6 is 38.9 Å². The molecular formula is C8H9BrClN3O2S. The van der Waals surface area contributed by atoms with Gasteiger partial charge in [-0.2, -0.15) is 0 Å². The summed E-state index contributed by atoms with van der Waals surface area (Å²) in [6, 6.07) is -0.255. The van der Waals surface area contributed by atoms with Gasteiger partial charge in [-0.05, 0) is 15.9 Å². The fourth-order valence-electron chi connectivity index (χ4n) is 1.49. The van der Waals surface area contributed by atoms with Crippen LogP contribution in [-0.4, -0.2) is 46.2 Å². The molecule has 0 bridgehead atoms. The lowest BCUT2D eigenvalue weighted by Crippen LogP contribution is -2.35. The summed E-state index contributed by atoms with van der Waals surface area (Å²) in [5, 5.41) is 10.3. The van der Waals surface area contributed by atoms with E-state index in [-0.39, 0.29) is 12.6 Å². The summed E-state index contributed by atoms with van der Waals surface area (Å²) in [6.45, 7) is 0.698. The van der Waals surface area contributed by atoms with Crippen LogP contribution in [0.5, 0.6) is 0 Å². The second kappa shape index (κ2) is 4.87. The monoisotopic (exact) mass is 325 g/mol. The van der Waals surface area contributed by atoms with Crippen LogP contribution in [0.3, 0.4) is 0 Å². The van der Waals surface area contributed by atoms with E-state index < -0.39 is 6.23 Å². The number of halogens is 2. The van der Waals surface area contributed by atoms with E-state index >= 15 is 0 Å². The molecule has 1 aliphatic rings. The lowest BCUT2D eigenvalue weighted by molar-refractivity contribution is 0.179. The van der Waals surface area contributed by atoms with E-state index in [9.17, 15) is 9.90 Å². The fourth-order valence-corrected chi connectivity index (χ4v) is 2.92. The highest BCUT2D eigenvalue weighted by atomic mass is 79.9. The number of aliphatic hydroxyl groups excluding tert-OH is 1. The van der Waals surface area contributed by atoms with Crippen molar-refractivity contribution in [3.8, 4) is 0 Å². The number of alkyl halides is 1. The Kier molecular flexibility index (Phi) is 3.68. The lowest BCUT2D eigenvalue weighted by Gasteiger charge is -2.15. The van der Waals surface area contributed by atoms with Gasteiger partial charge in [-0.25, -0.2) is 14.7 Å². The quantitative estimate of drug-likeness (QED) is 0.860. The molecule has 1 saturated heterocycles. The molecule has 0 saturated carbocycles. The van der Waals surface area contributed by atoms with Gasteiger partial charge in [0.25, 0.3) is 0 Å². The molecule has 0 spiro atoms. The average Bonchev–Trinajstić information content (AvgIpc) is 2.74. The van der Waals surface area contributed by atoms with Gasteiger partial charge in [-0.3, -0.25) is 0 Å². The minimum absolute atomic E-state index is 0.255. The van der Waals surface area contributed by atoms with Crippen molar-refractivity contribution in [2.24, 2.45) is 0 Å². The van der Waals surface area contributed by atoms with E-state index in [4.69, 9.17) is 11.6 Å². The minimum atomic E-state index is -0.853. The number of rotatable bonds is 3. The van der Waals surface area contributed by atoms with Gasteiger partial charge in [0.05, 0.1) is 16.5 Å². The van der Waals surface area contributed by atoms with Crippen molar-refractivity contribution < 1.29 is 9.90 Å². The van der Waals surface area contributed by atoms with Crippen LogP contribution in [0.1, 0.15) is 0 Å². The molecule has 5 nitrogen and oxygen atoms in total. The van der Waals surface area contributed by atoms with E-state index in [0.717, 1.165) is 3.79 Å². The maximum atomic E-state index is 11.9. The predicted molar refractivity (Wildman–Crippen MR) is 66.0 cm³/mol. The largest absolute Gasteiger partial charge is 0.371 e. The van der Waals surface area contributed by atoms with Gasteiger partial charge in [0, 0.05) is 12.4 Å². The van der Waals surface area contributed by atoms with Crippen LogP contribution < -0.4 is 4.90 Å². The van der Waals surface area contributed by atoms with Gasteiger partial charge in [0.2, 0.25) is 0 Å². The number of hydrogen-bond donors (Lipinski definition) is 1. The first kappa shape index (κ1) is 12.1. The Morgan fingerprint density at radius 3 is 3.06 bits per heavy atom. The van der Waals surface area contributed by atoms with Gasteiger partial charge in [-0.15, -0.1) is 11.6 Å². The predicted octanol–water partition coefficient (Wildman–Crippen LogP) is 1.70. The van der Waals surface area contributed by atoms with Crippen molar-refractivity contribution in [3.05, 3.63) is 9.98 Å². The molecule has 2 rings (SSSR count). The Labute approximate surface area is 110 Å². The normalized spacial score (nSPS) is 20.9. The Morgan fingerprint density at radius 2 is 2.50 bits per heavy atom. The maximum absolute atomic E-state index is 11.9. The van der Waals surface area contributed by atoms with Gasteiger partial charge >= 0.3 is 6.03 Å². The van der Waals surface area contributed by atoms with Crippen molar-refractivity contribution in [2.45, 2.75) is 6.23 Å². The fraction of sp³-hybridized carbons (Fsp3) is 0.500. The Hall–Kier alpha value is -0.370. The number of β-amino-alcohol motifs (C(OH)–C–C–N with tert-alkyl or cyclic N) is 1. The first-order valence-electron chi connectivity index (χ1n) is 4.57. The number of aromatic nitrogens is 1. The van der Waals surface area contributed by atoms with Crippen LogP contribution in [-0.2, 0) is 0 Å². The molecule has 1 unspecified atom stereocenters. The number of thiazole rings is 1. The summed E-state index contributed by atoms with van der Waals surface area (Å²) >= 11 is 10.1. The van der Waals surface area contributed by atoms with Gasteiger partial charge in [0.15, 0.2) is 11.4 Å². The number of aliphatic hydroxyl groups is 1. The summed E-state index contributed by atoms with van der Waals surface area (Å²) in [4.78, 5) is 18.7. The zero-order valence-electron chi connectivity index (χ0n) is 8.14. The van der Waals surface area contributed by atoms with E-state index in [1.807, 2.05) is 0 Å². The van der Waals surface area contributed by atoms with Crippen LogP contribution in [0, 0.1) is 0 Å². The van der Waals surface area contributed by atoms with Crippen LogP contribution in [0.25, 0.3) is 0 Å². The van der Waals surface area contributed by atoms with Gasteiger partial charge in [-0.1, -0.05) is 11.3 Å². The second-order valence-corrected chi connectivity index (χ2v) is 5.98. The first-order chi connectivity index (χ1) is 7.63. The number of carbonyl (C=O) groups is 1. The van der Waals surface area contributed by atoms with Crippen LogP contribution in [0.4, 0.5) is 9.93 Å². The Balaban J connectivity index is 2.19. The SMILES string of the molecule is O=C1N(CCCl)CC(O)N1c1ncc(Br)s1. The molecule has 1 aromatic rings. The maximum Gasteiger partial charge on any atom is 0.328 e. The van der Waals surface area contributed by atoms with Gasteiger partial charge < -0.3 is 10.0 Å². The molecule has 88 valence electrons. The molecule has 0 aromatic carbocycles. The molecule has 1 aliphatic heterocycles. The number of urea groups is 1. The number of amides is 2. The topological polar surface area (TPSA) is 56.7 Å². The molecule has 2 heterocycles. The van der Waals surface area contributed by atoms with E-state index in [1.54, 1.807) is 6.20 Å². The van der Waals surface area contributed by atoms with Gasteiger partial charge in [0.1, 0.15) is 0 Å². The van der Waals surface area contributed by atoms with Crippen molar-refractivity contribution in [1.29, 1.82) is 0 Å². The van der Waals surface area contributed by atoms with Crippen LogP contribution in [0.15, 0.2) is 9.98 Å². The summed E-state index contributed by atoms with van der Waals surface area (Å²) in [7, 11) is 0. The highest BCUT2D eigenvalue weighted by Gasteiger charge is 2.38. The molecule has 0 radical (unpaired) electrons. The smallest absolute Gasteiger partial charge is 0.328 e. The Bertz CT molecular complexity index is 402. The van der Waals surface area contributed by atoms with Crippen molar-refractivity contribution in [3.63, 3.8) is 0 Å². The van der Waals surface area contributed by atoms with Crippen molar-refractivity contribution in [1.82, 2.24) is 9.88 Å². The lowest BCUT2D eigenvalue weighted by atomic mass is 10.5. The van der Waals surface area contributed by atoms with E-state index in [2.05, 4.69) is 20.9 Å². The number of anilines is 1. The first-order valence-corrected chi connectivity index (χ1v) is 6.71. The minimum Gasteiger partial charge on any atom is -0.371 e. The molecule has 1 atom stereocenters. The summed E-state index contributed by atoms with van der Waals surface area (Å²) in [5.74, 6) is 0.355. The number of carbonyl (C=O) groups excluding carboxylic acids is 1. The summed E-state index contributed by atoms with van der Waals surface area (Å²) < 4.78 is 0.818. The molecule has 8 heteroatoms. The molecule has 1 N–H and O–H groups in total. The summed E-state index contributed by atoms with van der Waals surface area (Å²) in [6.07, 6.45) is 0.748. The molecular weight excluding hydrogens is 318 g/mol. The highest BCUT2D eigenvalue weighted by Crippen LogP contribution is 2.30. The van der Waals surface area contributed by atoms with E-state index in [0.29, 0.717) is 17.6 Å². The van der Waals surface area contributed by atoms with Crippen molar-refractivity contribution in [2.75, 3.05) is 23.9 Å². The zero-order chi connectivity index (χ0) is 11.7. The standard InChI is InChI=1S/C8H9BrClN3O2S/c9-5-3-11-7(16-5)13-6(14)4-12(2-1-10)8(13)15/h3,6,14H,1-2,4H2. The molecule has 16 heavy (non-hydrogen) atoms. The molecule has 1 aromatic heterocycles. The molecule has 2 amide bonds. The highest BCUT2D eigenvalue weighted by molar-refractivity contribution is 9.11. The number of hydrogen-bond acceptors (Lipinski definition) is 4. The summed E-state index contributed by atoms with van der Waals surface area (Å²) in [5.41, 5.74) is 0. The van der Waals surface area contributed by atoms with E-state index in [1.165, 1.54) is 21.1 Å². The second-order valence-electron chi connectivity index (χ2n) is 3.22. The number of nitrogens with zero attached hydrogens (tertiary/aromatic N) is 3. The third-order valence-electron chi connectivity index (χ3n) is 2.18. The third kappa shape index (κ3) is 2.17. The average molecular weight is 327 g/mol. The molecule has 0 aliphatic carbocycles. The van der Waals surface area contributed by atoms with Crippen molar-refractivity contribution >= 4 is 50.0 Å². The third-order valence-corrected chi connectivity index (χ3v) is 3.83. The van der Waals surface area contributed by atoms with Crippen LogP contribution in [0.2, 0.25) is 0 Å². The Morgan fingerprint density at radius 1 is 1.75 bits per heavy atom. The molecule has 1 fully saturated rings. The zero-order valence-corrected chi connectivity index (χ0v) is 11.3.